The van der Waals surface area contributed by atoms with Crippen LogP contribution in [-0.4, -0.2) is 28.5 Å². The molecule has 0 saturated carbocycles. The second-order valence-electron chi connectivity index (χ2n) is 3.29. The molecule has 0 fully saturated rings. The first kappa shape index (κ1) is 12.6. The highest BCUT2D eigenvalue weighted by Crippen LogP contribution is 2.09. The van der Waals surface area contributed by atoms with Crippen LogP contribution in [0.2, 0.25) is 0 Å². The van der Waals surface area contributed by atoms with Gasteiger partial charge in [-0.3, -0.25) is 4.79 Å². The first-order valence-corrected chi connectivity index (χ1v) is 5.58. The number of aromatic nitrogens is 1. The van der Waals surface area contributed by atoms with Crippen LogP contribution in [0.5, 0.6) is 0 Å². The van der Waals surface area contributed by atoms with Gasteiger partial charge in [-0.2, -0.15) is 0 Å². The quantitative estimate of drug-likeness (QED) is 0.677. The van der Waals surface area contributed by atoms with E-state index in [0.29, 0.717) is 5.01 Å². The van der Waals surface area contributed by atoms with Crippen molar-refractivity contribution >= 4 is 23.2 Å². The van der Waals surface area contributed by atoms with Gasteiger partial charge in [0, 0.05) is 17.8 Å². The fourth-order valence-corrected chi connectivity index (χ4v) is 1.64. The van der Waals surface area contributed by atoms with Crippen LogP contribution in [0.1, 0.15) is 22.4 Å². The van der Waals surface area contributed by atoms with Crippen LogP contribution in [0.15, 0.2) is 5.38 Å². The van der Waals surface area contributed by atoms with Crippen molar-refractivity contribution in [1.29, 1.82) is 0 Å². The van der Waals surface area contributed by atoms with Crippen LogP contribution in [-0.2, 0) is 11.3 Å². The third-order valence-electron chi connectivity index (χ3n) is 1.99. The van der Waals surface area contributed by atoms with Crippen molar-refractivity contribution in [2.24, 2.45) is 11.7 Å². The maximum Gasteiger partial charge on any atom is 0.355 e. The number of nitrogens with one attached hydrogen (secondary N) is 1. The first-order chi connectivity index (χ1) is 7.54. The summed E-state index contributed by atoms with van der Waals surface area (Å²) in [5, 5.41) is 13.3. The van der Waals surface area contributed by atoms with Crippen molar-refractivity contribution in [2.75, 3.05) is 6.54 Å². The number of rotatable bonds is 5. The molecule has 1 amide bonds. The average Bonchev–Trinajstić information content (AvgIpc) is 2.73. The van der Waals surface area contributed by atoms with E-state index in [1.165, 1.54) is 16.7 Å². The van der Waals surface area contributed by atoms with Crippen molar-refractivity contribution < 1.29 is 14.7 Å². The molecule has 7 heteroatoms. The highest BCUT2D eigenvalue weighted by atomic mass is 32.1. The maximum absolute atomic E-state index is 11.4. The van der Waals surface area contributed by atoms with E-state index in [-0.39, 0.29) is 30.6 Å². The summed E-state index contributed by atoms with van der Waals surface area (Å²) in [6.07, 6.45) is 0. The van der Waals surface area contributed by atoms with E-state index >= 15 is 0 Å². The zero-order valence-electron chi connectivity index (χ0n) is 8.77. The molecule has 0 aromatic carbocycles. The second-order valence-corrected chi connectivity index (χ2v) is 4.23. The second kappa shape index (κ2) is 5.57. The van der Waals surface area contributed by atoms with E-state index in [0.717, 1.165) is 0 Å². The molecule has 0 aliphatic rings. The molecule has 0 spiro atoms. The number of hydrogen-bond acceptors (Lipinski definition) is 5. The molecule has 1 unspecified atom stereocenters. The first-order valence-electron chi connectivity index (χ1n) is 4.70. The normalized spacial score (nSPS) is 12.1. The summed E-state index contributed by atoms with van der Waals surface area (Å²) in [7, 11) is 0. The Morgan fingerprint density at radius 1 is 1.69 bits per heavy atom. The van der Waals surface area contributed by atoms with Crippen LogP contribution in [0, 0.1) is 5.92 Å². The lowest BCUT2D eigenvalue weighted by molar-refractivity contribution is -0.124. The highest BCUT2D eigenvalue weighted by Gasteiger charge is 2.12. The van der Waals surface area contributed by atoms with Gasteiger partial charge in [-0.15, -0.1) is 11.3 Å². The molecule has 0 aliphatic heterocycles. The predicted molar refractivity (Wildman–Crippen MR) is 59.1 cm³/mol. The van der Waals surface area contributed by atoms with Gasteiger partial charge in [-0.05, 0) is 0 Å². The van der Waals surface area contributed by atoms with E-state index in [9.17, 15) is 9.59 Å². The number of carboxylic acids is 1. The van der Waals surface area contributed by atoms with Gasteiger partial charge in [0.1, 0.15) is 5.01 Å². The summed E-state index contributed by atoms with van der Waals surface area (Å²) in [6, 6.07) is 0. The van der Waals surface area contributed by atoms with Crippen molar-refractivity contribution in [3.8, 4) is 0 Å². The van der Waals surface area contributed by atoms with Gasteiger partial charge in [0.25, 0.3) is 0 Å². The van der Waals surface area contributed by atoms with E-state index in [1.54, 1.807) is 6.92 Å². The number of carbonyl (C=O) groups excluding carboxylic acids is 1. The molecule has 0 saturated heterocycles. The van der Waals surface area contributed by atoms with E-state index in [2.05, 4.69) is 10.3 Å². The monoisotopic (exact) mass is 243 g/mol. The number of nitrogens with two attached hydrogens (primary N) is 1. The number of amides is 1. The fraction of sp³-hybridized carbons (Fsp3) is 0.444. The Morgan fingerprint density at radius 3 is 2.88 bits per heavy atom. The predicted octanol–water partition coefficient (Wildman–Crippen LogP) is 0.0523. The Kier molecular flexibility index (Phi) is 4.39. The van der Waals surface area contributed by atoms with Gasteiger partial charge < -0.3 is 16.2 Å². The topological polar surface area (TPSA) is 105 Å². The molecule has 16 heavy (non-hydrogen) atoms. The summed E-state index contributed by atoms with van der Waals surface area (Å²) in [5.41, 5.74) is 5.34. The minimum atomic E-state index is -1.07. The number of carboxylic acid groups (broad SMARTS) is 1. The van der Waals surface area contributed by atoms with Crippen LogP contribution in [0.25, 0.3) is 0 Å². The molecular weight excluding hydrogens is 230 g/mol. The lowest BCUT2D eigenvalue weighted by atomic mass is 10.2. The smallest absolute Gasteiger partial charge is 0.355 e. The molecule has 1 aromatic rings. The Bertz CT molecular complexity index is 391. The molecule has 4 N–H and O–H groups in total. The number of hydrogen-bond donors (Lipinski definition) is 3. The van der Waals surface area contributed by atoms with Gasteiger partial charge in [0.05, 0.1) is 6.54 Å². The zero-order valence-corrected chi connectivity index (χ0v) is 9.58. The fourth-order valence-electron chi connectivity index (χ4n) is 0.934. The Morgan fingerprint density at radius 2 is 2.38 bits per heavy atom. The Balaban J connectivity index is 2.48. The van der Waals surface area contributed by atoms with E-state index in [4.69, 9.17) is 10.8 Å². The Hall–Kier alpha value is -1.47. The third-order valence-corrected chi connectivity index (χ3v) is 2.83. The van der Waals surface area contributed by atoms with Crippen molar-refractivity contribution in [1.82, 2.24) is 10.3 Å². The van der Waals surface area contributed by atoms with Crippen molar-refractivity contribution in [2.45, 2.75) is 13.5 Å². The summed E-state index contributed by atoms with van der Waals surface area (Å²) >= 11 is 1.20. The maximum atomic E-state index is 11.4. The molecule has 88 valence electrons. The molecule has 0 aliphatic carbocycles. The molecule has 1 heterocycles. The average molecular weight is 243 g/mol. The summed E-state index contributed by atoms with van der Waals surface area (Å²) in [6.45, 7) is 2.24. The largest absolute Gasteiger partial charge is 0.476 e. The number of thiazole rings is 1. The molecule has 0 bridgehead atoms. The van der Waals surface area contributed by atoms with E-state index < -0.39 is 5.97 Å². The van der Waals surface area contributed by atoms with Crippen LogP contribution in [0.3, 0.4) is 0 Å². The number of aromatic carboxylic acids is 1. The highest BCUT2D eigenvalue weighted by molar-refractivity contribution is 7.09. The van der Waals surface area contributed by atoms with Gasteiger partial charge in [0.2, 0.25) is 5.91 Å². The van der Waals surface area contributed by atoms with Gasteiger partial charge in [-0.25, -0.2) is 9.78 Å². The minimum Gasteiger partial charge on any atom is -0.476 e. The van der Waals surface area contributed by atoms with Crippen LogP contribution >= 0.6 is 11.3 Å². The summed E-state index contributed by atoms with van der Waals surface area (Å²) < 4.78 is 0. The SMILES string of the molecule is CC(CN)C(=O)NCc1nc(C(=O)O)cs1. The molecular formula is C9H13N3O3S. The van der Waals surface area contributed by atoms with Gasteiger partial charge in [0.15, 0.2) is 5.69 Å². The zero-order chi connectivity index (χ0) is 12.1. The standard InChI is InChI=1S/C9H13N3O3S/c1-5(2-10)8(13)11-3-7-12-6(4-16-7)9(14)15/h4-5H,2-3,10H2,1H3,(H,11,13)(H,14,15). The number of carbonyl (C=O) groups is 2. The van der Waals surface area contributed by atoms with Crippen molar-refractivity contribution in [3.05, 3.63) is 16.1 Å². The number of nitrogens with zero attached hydrogens (tertiary/aromatic N) is 1. The lowest BCUT2D eigenvalue weighted by Crippen LogP contribution is -2.32. The van der Waals surface area contributed by atoms with Crippen molar-refractivity contribution in [3.63, 3.8) is 0 Å². The van der Waals surface area contributed by atoms with Crippen LogP contribution in [0.4, 0.5) is 0 Å². The van der Waals surface area contributed by atoms with Gasteiger partial charge >= 0.3 is 5.97 Å². The molecule has 1 aromatic heterocycles. The third kappa shape index (κ3) is 3.28. The minimum absolute atomic E-state index is 0.00104. The van der Waals surface area contributed by atoms with E-state index in [1.807, 2.05) is 0 Å². The molecule has 6 nitrogen and oxygen atoms in total. The molecule has 0 radical (unpaired) electrons. The Labute approximate surface area is 96.5 Å². The lowest BCUT2D eigenvalue weighted by Gasteiger charge is -2.07. The van der Waals surface area contributed by atoms with Crippen LogP contribution < -0.4 is 11.1 Å². The molecule has 1 rings (SSSR count). The molecule has 1 atom stereocenters. The van der Waals surface area contributed by atoms with Gasteiger partial charge in [-0.1, -0.05) is 6.92 Å². The summed E-state index contributed by atoms with van der Waals surface area (Å²) in [4.78, 5) is 25.7. The summed E-state index contributed by atoms with van der Waals surface area (Å²) in [5.74, 6) is -1.47.